The minimum Gasteiger partial charge on any atom is -0.457 e. The zero-order valence-electron chi connectivity index (χ0n) is 11.3. The number of hydrogen-bond acceptors (Lipinski definition) is 2. The minimum atomic E-state index is -0.454. The second-order valence-electron chi connectivity index (χ2n) is 4.86. The molecule has 2 heteroatoms. The summed E-state index contributed by atoms with van der Waals surface area (Å²) < 4.78 is 5.84. The van der Waals surface area contributed by atoms with E-state index in [9.17, 15) is 5.11 Å². The van der Waals surface area contributed by atoms with Gasteiger partial charge in [-0.2, -0.15) is 0 Å². The normalized spacial score (nSPS) is 12.3. The largest absolute Gasteiger partial charge is 0.457 e. The summed E-state index contributed by atoms with van der Waals surface area (Å²) in [5.74, 6) is 1.58. The summed E-state index contributed by atoms with van der Waals surface area (Å²) in [6.45, 7) is 1.75. The van der Waals surface area contributed by atoms with Gasteiger partial charge in [0.05, 0.1) is 6.10 Å². The van der Waals surface area contributed by atoms with Crippen molar-refractivity contribution in [3.05, 3.63) is 72.3 Å². The number of benzene rings is 3. The van der Waals surface area contributed by atoms with Crippen molar-refractivity contribution < 1.29 is 9.84 Å². The van der Waals surface area contributed by atoms with Gasteiger partial charge in [-0.25, -0.2) is 0 Å². The predicted molar refractivity (Wildman–Crippen MR) is 81.1 cm³/mol. The lowest BCUT2D eigenvalue weighted by atomic mass is 10.1. The van der Waals surface area contributed by atoms with Gasteiger partial charge < -0.3 is 9.84 Å². The van der Waals surface area contributed by atoms with E-state index in [1.54, 1.807) is 6.92 Å². The third-order valence-electron chi connectivity index (χ3n) is 3.32. The number of aliphatic hydroxyl groups excluding tert-OH is 1. The average Bonchev–Trinajstić information content (AvgIpc) is 2.48. The van der Waals surface area contributed by atoms with Gasteiger partial charge in [0.1, 0.15) is 11.5 Å². The van der Waals surface area contributed by atoms with Gasteiger partial charge in [0, 0.05) is 0 Å². The van der Waals surface area contributed by atoms with Crippen molar-refractivity contribution in [3.63, 3.8) is 0 Å². The van der Waals surface area contributed by atoms with Crippen LogP contribution < -0.4 is 4.74 Å². The molecular formula is C18H16O2. The molecule has 1 atom stereocenters. The molecule has 0 spiro atoms. The fourth-order valence-corrected chi connectivity index (χ4v) is 2.18. The molecule has 1 N–H and O–H groups in total. The minimum absolute atomic E-state index is 0.454. The van der Waals surface area contributed by atoms with Gasteiger partial charge in [0.2, 0.25) is 0 Å². The standard InChI is InChI=1S/C18H16O2/c1-13(19)14-6-9-17(10-7-14)20-18-11-8-15-4-2-3-5-16(15)12-18/h2-13,19H,1H3/t13-/m1/s1. The Morgan fingerprint density at radius 1 is 0.800 bits per heavy atom. The summed E-state index contributed by atoms with van der Waals surface area (Å²) in [4.78, 5) is 0. The maximum Gasteiger partial charge on any atom is 0.128 e. The van der Waals surface area contributed by atoms with E-state index >= 15 is 0 Å². The zero-order chi connectivity index (χ0) is 13.9. The third kappa shape index (κ3) is 2.65. The molecule has 3 aromatic carbocycles. The van der Waals surface area contributed by atoms with E-state index in [-0.39, 0.29) is 0 Å². The lowest BCUT2D eigenvalue weighted by Gasteiger charge is -2.09. The molecular weight excluding hydrogens is 248 g/mol. The third-order valence-corrected chi connectivity index (χ3v) is 3.32. The van der Waals surface area contributed by atoms with Crippen molar-refractivity contribution in [2.75, 3.05) is 0 Å². The smallest absolute Gasteiger partial charge is 0.128 e. The first-order chi connectivity index (χ1) is 9.72. The van der Waals surface area contributed by atoms with Gasteiger partial charge in [0.25, 0.3) is 0 Å². The molecule has 0 heterocycles. The van der Waals surface area contributed by atoms with E-state index < -0.39 is 6.10 Å². The van der Waals surface area contributed by atoms with Crippen LogP contribution in [-0.4, -0.2) is 5.11 Å². The number of ether oxygens (including phenoxy) is 1. The number of hydrogen-bond donors (Lipinski definition) is 1. The van der Waals surface area contributed by atoms with Crippen LogP contribution in [0.25, 0.3) is 10.8 Å². The quantitative estimate of drug-likeness (QED) is 0.744. The van der Waals surface area contributed by atoms with Crippen LogP contribution in [0, 0.1) is 0 Å². The molecule has 100 valence electrons. The summed E-state index contributed by atoms with van der Waals surface area (Å²) in [6.07, 6.45) is -0.454. The van der Waals surface area contributed by atoms with Crippen LogP contribution in [0.15, 0.2) is 66.7 Å². The van der Waals surface area contributed by atoms with E-state index in [4.69, 9.17) is 4.74 Å². The van der Waals surface area contributed by atoms with Crippen LogP contribution in [0.2, 0.25) is 0 Å². The van der Waals surface area contributed by atoms with Crippen molar-refractivity contribution >= 4 is 10.8 Å². The molecule has 0 aliphatic rings. The van der Waals surface area contributed by atoms with E-state index in [0.717, 1.165) is 22.4 Å². The van der Waals surface area contributed by atoms with Gasteiger partial charge in [0.15, 0.2) is 0 Å². The van der Waals surface area contributed by atoms with E-state index in [2.05, 4.69) is 18.2 Å². The van der Waals surface area contributed by atoms with Crippen molar-refractivity contribution in [1.82, 2.24) is 0 Å². The van der Waals surface area contributed by atoms with E-state index in [1.165, 1.54) is 5.39 Å². The molecule has 0 saturated heterocycles. The summed E-state index contributed by atoms with van der Waals surface area (Å²) in [7, 11) is 0. The van der Waals surface area contributed by atoms with Crippen LogP contribution in [0.4, 0.5) is 0 Å². The molecule has 0 amide bonds. The van der Waals surface area contributed by atoms with Gasteiger partial charge in [-0.3, -0.25) is 0 Å². The monoisotopic (exact) mass is 264 g/mol. The van der Waals surface area contributed by atoms with Gasteiger partial charge >= 0.3 is 0 Å². The maximum absolute atomic E-state index is 9.48. The first kappa shape index (κ1) is 12.7. The molecule has 0 bridgehead atoms. The molecule has 3 aromatic rings. The SMILES string of the molecule is C[C@@H](O)c1ccc(Oc2ccc3ccccc3c2)cc1. The second kappa shape index (κ2) is 5.35. The van der Waals surface area contributed by atoms with Crippen molar-refractivity contribution in [3.8, 4) is 11.5 Å². The highest BCUT2D eigenvalue weighted by Crippen LogP contribution is 2.26. The molecule has 0 unspecified atom stereocenters. The Balaban J connectivity index is 1.85. The molecule has 0 fully saturated rings. The molecule has 2 nitrogen and oxygen atoms in total. The first-order valence-electron chi connectivity index (χ1n) is 6.67. The highest BCUT2D eigenvalue weighted by molar-refractivity contribution is 5.83. The Morgan fingerprint density at radius 2 is 1.45 bits per heavy atom. The second-order valence-corrected chi connectivity index (χ2v) is 4.86. The number of rotatable bonds is 3. The highest BCUT2D eigenvalue weighted by atomic mass is 16.5. The van der Waals surface area contributed by atoms with Crippen LogP contribution in [0.1, 0.15) is 18.6 Å². The number of aliphatic hydroxyl groups is 1. The molecule has 0 aliphatic carbocycles. The molecule has 0 saturated carbocycles. The maximum atomic E-state index is 9.48. The zero-order valence-corrected chi connectivity index (χ0v) is 11.3. The summed E-state index contributed by atoms with van der Waals surface area (Å²) in [6, 6.07) is 21.7. The summed E-state index contributed by atoms with van der Waals surface area (Å²) in [5, 5.41) is 11.8. The van der Waals surface area contributed by atoms with Gasteiger partial charge in [-0.1, -0.05) is 42.5 Å². The molecule has 3 rings (SSSR count). The lowest BCUT2D eigenvalue weighted by Crippen LogP contribution is -1.90. The lowest BCUT2D eigenvalue weighted by molar-refractivity contribution is 0.199. The van der Waals surface area contributed by atoms with Crippen molar-refractivity contribution in [2.45, 2.75) is 13.0 Å². The van der Waals surface area contributed by atoms with E-state index in [1.807, 2.05) is 48.5 Å². The molecule has 0 radical (unpaired) electrons. The predicted octanol–water partition coefficient (Wildman–Crippen LogP) is 4.69. The number of fused-ring (bicyclic) bond motifs is 1. The van der Waals surface area contributed by atoms with Crippen LogP contribution in [-0.2, 0) is 0 Å². The van der Waals surface area contributed by atoms with Gasteiger partial charge in [-0.05, 0) is 47.5 Å². The Bertz CT molecular complexity index is 715. The van der Waals surface area contributed by atoms with Gasteiger partial charge in [-0.15, -0.1) is 0 Å². The van der Waals surface area contributed by atoms with Crippen molar-refractivity contribution in [1.29, 1.82) is 0 Å². The van der Waals surface area contributed by atoms with Crippen LogP contribution >= 0.6 is 0 Å². The molecule has 20 heavy (non-hydrogen) atoms. The average molecular weight is 264 g/mol. The van der Waals surface area contributed by atoms with Crippen LogP contribution in [0.3, 0.4) is 0 Å². The van der Waals surface area contributed by atoms with Crippen LogP contribution in [0.5, 0.6) is 11.5 Å². The highest BCUT2D eigenvalue weighted by Gasteiger charge is 2.02. The summed E-state index contributed by atoms with van der Waals surface area (Å²) in [5.41, 5.74) is 0.885. The first-order valence-corrected chi connectivity index (χ1v) is 6.67. The summed E-state index contributed by atoms with van der Waals surface area (Å²) >= 11 is 0. The van der Waals surface area contributed by atoms with Crippen molar-refractivity contribution in [2.24, 2.45) is 0 Å². The Kier molecular flexibility index (Phi) is 3.40. The Hall–Kier alpha value is -2.32. The fourth-order valence-electron chi connectivity index (χ4n) is 2.18. The Labute approximate surface area is 118 Å². The van der Waals surface area contributed by atoms with E-state index in [0.29, 0.717) is 0 Å². The molecule has 0 aromatic heterocycles. The fraction of sp³-hybridized carbons (Fsp3) is 0.111. The molecule has 0 aliphatic heterocycles. The topological polar surface area (TPSA) is 29.5 Å². The Morgan fingerprint density at radius 3 is 2.15 bits per heavy atom.